The fraction of sp³-hybridized carbons (Fsp3) is 0.259. The second-order valence-electron chi connectivity index (χ2n) is 9.15. The smallest absolute Gasteiger partial charge is 0.411 e. The molecule has 4 heterocycles. The highest BCUT2D eigenvalue weighted by atomic mass is 32.1. The van der Waals surface area contributed by atoms with E-state index < -0.39 is 18.0 Å². The number of thiazole rings is 1. The molecule has 0 saturated heterocycles. The van der Waals surface area contributed by atoms with Crippen LogP contribution >= 0.6 is 11.3 Å². The Bertz CT molecular complexity index is 1750. The van der Waals surface area contributed by atoms with E-state index >= 15 is 4.39 Å². The molecule has 0 saturated carbocycles. The molecule has 1 amide bonds. The number of nitrogens with one attached hydrogen (secondary N) is 1. The molecule has 1 aliphatic heterocycles. The SMILES string of the molecule is COc1cnc2c(-c3nc4cc(F)c5c(c4s3)C[C@H](COC(=O)Nc3cnc(CCO)nc3)O5)cc(C)cc2n1. The van der Waals surface area contributed by atoms with Crippen LogP contribution in [0.4, 0.5) is 14.9 Å². The molecule has 3 aromatic heterocycles. The predicted molar refractivity (Wildman–Crippen MR) is 145 cm³/mol. The first-order valence-corrected chi connectivity index (χ1v) is 13.2. The number of halogens is 1. The van der Waals surface area contributed by atoms with Crippen molar-refractivity contribution in [2.75, 3.05) is 25.6 Å². The molecule has 0 fully saturated rings. The number of methoxy groups -OCH3 is 1. The van der Waals surface area contributed by atoms with Gasteiger partial charge in [-0.15, -0.1) is 11.3 Å². The van der Waals surface area contributed by atoms with Crippen LogP contribution in [0.15, 0.2) is 36.8 Å². The van der Waals surface area contributed by atoms with E-state index in [1.807, 2.05) is 19.1 Å². The van der Waals surface area contributed by atoms with Gasteiger partial charge in [0.05, 0.1) is 59.2 Å². The molecular formula is C27H23FN6O5S. The highest BCUT2D eigenvalue weighted by molar-refractivity contribution is 7.22. The summed E-state index contributed by atoms with van der Waals surface area (Å²) in [4.78, 5) is 34.1. The maximum absolute atomic E-state index is 15.0. The van der Waals surface area contributed by atoms with E-state index in [0.717, 1.165) is 15.8 Å². The number of aliphatic hydroxyl groups is 1. The van der Waals surface area contributed by atoms with Crippen molar-refractivity contribution in [1.82, 2.24) is 24.9 Å². The van der Waals surface area contributed by atoms with Gasteiger partial charge >= 0.3 is 6.09 Å². The third-order valence-corrected chi connectivity index (χ3v) is 7.46. The van der Waals surface area contributed by atoms with Crippen molar-refractivity contribution in [3.8, 4) is 22.2 Å². The monoisotopic (exact) mass is 562 g/mol. The van der Waals surface area contributed by atoms with Crippen molar-refractivity contribution in [2.24, 2.45) is 0 Å². The van der Waals surface area contributed by atoms with Gasteiger partial charge in [-0.1, -0.05) is 0 Å². The molecule has 2 aromatic carbocycles. The molecule has 204 valence electrons. The zero-order valence-corrected chi connectivity index (χ0v) is 22.3. The van der Waals surface area contributed by atoms with E-state index in [1.165, 1.54) is 36.9 Å². The summed E-state index contributed by atoms with van der Waals surface area (Å²) in [6.07, 6.45) is 3.80. The van der Waals surface area contributed by atoms with Crippen molar-refractivity contribution in [3.63, 3.8) is 0 Å². The number of anilines is 1. The Balaban J connectivity index is 1.21. The molecular weight excluding hydrogens is 539 g/mol. The van der Waals surface area contributed by atoms with Gasteiger partial charge < -0.3 is 19.3 Å². The van der Waals surface area contributed by atoms with Crippen LogP contribution < -0.4 is 14.8 Å². The Morgan fingerprint density at radius 3 is 2.77 bits per heavy atom. The summed E-state index contributed by atoms with van der Waals surface area (Å²) >= 11 is 1.42. The summed E-state index contributed by atoms with van der Waals surface area (Å²) in [5.41, 5.74) is 4.67. The van der Waals surface area contributed by atoms with Gasteiger partial charge in [0.2, 0.25) is 5.88 Å². The molecule has 1 atom stereocenters. The summed E-state index contributed by atoms with van der Waals surface area (Å²) in [6.45, 7) is 1.81. The van der Waals surface area contributed by atoms with Crippen molar-refractivity contribution < 1.29 is 28.5 Å². The number of hydrogen-bond donors (Lipinski definition) is 2. The first-order valence-electron chi connectivity index (χ1n) is 12.4. The Morgan fingerprint density at radius 1 is 1.18 bits per heavy atom. The zero-order valence-electron chi connectivity index (χ0n) is 21.5. The molecule has 5 aromatic rings. The van der Waals surface area contributed by atoms with Crippen molar-refractivity contribution in [1.29, 1.82) is 0 Å². The molecule has 2 N–H and O–H groups in total. The first kappa shape index (κ1) is 25.8. The highest BCUT2D eigenvalue weighted by Gasteiger charge is 2.31. The van der Waals surface area contributed by atoms with E-state index in [0.29, 0.717) is 57.4 Å². The lowest BCUT2D eigenvalue weighted by atomic mass is 10.1. The minimum Gasteiger partial charge on any atom is -0.483 e. The fourth-order valence-corrected chi connectivity index (χ4v) is 5.63. The molecule has 1 aliphatic rings. The van der Waals surface area contributed by atoms with E-state index in [1.54, 1.807) is 6.20 Å². The normalized spacial score (nSPS) is 14.2. The summed E-state index contributed by atoms with van der Waals surface area (Å²) in [5.74, 6) is 0.492. The van der Waals surface area contributed by atoms with Gasteiger partial charge in [-0.3, -0.25) is 5.32 Å². The van der Waals surface area contributed by atoms with Gasteiger partial charge in [0.25, 0.3) is 0 Å². The summed E-state index contributed by atoms with van der Waals surface area (Å²) in [6, 6.07) is 5.26. The number of ether oxygens (including phenoxy) is 3. The van der Waals surface area contributed by atoms with Crippen LogP contribution in [0.1, 0.15) is 17.0 Å². The minimum atomic E-state index is -0.715. The maximum Gasteiger partial charge on any atom is 0.411 e. The van der Waals surface area contributed by atoms with E-state index in [2.05, 4.69) is 25.3 Å². The van der Waals surface area contributed by atoms with Crippen molar-refractivity contribution in [2.45, 2.75) is 25.9 Å². The molecule has 11 nitrogen and oxygen atoms in total. The Labute approximate surface area is 231 Å². The minimum absolute atomic E-state index is 0.0679. The quantitative estimate of drug-likeness (QED) is 0.296. The lowest BCUT2D eigenvalue weighted by Crippen LogP contribution is -2.25. The maximum atomic E-state index is 15.0. The van der Waals surface area contributed by atoms with Gasteiger partial charge in [0, 0.05) is 30.0 Å². The number of aryl methyl sites for hydroxylation is 1. The van der Waals surface area contributed by atoms with Crippen LogP contribution in [0.2, 0.25) is 0 Å². The highest BCUT2D eigenvalue weighted by Crippen LogP contribution is 2.43. The van der Waals surface area contributed by atoms with E-state index in [4.69, 9.17) is 24.3 Å². The number of fused-ring (bicyclic) bond motifs is 4. The molecule has 0 bridgehead atoms. The summed E-state index contributed by atoms with van der Waals surface area (Å²) < 4.78 is 32.2. The molecule has 0 spiro atoms. The standard InChI is InChI=1S/C27H23FN6O5S/c1-13-5-16(23-19(6-13)33-22(37-2)11-31-23)26-34-20-8-18(28)24-17(25(20)40-26)7-15(39-24)12-38-27(36)32-14-9-29-21(3-4-35)30-10-14/h5-6,8-11,15,35H,3-4,7,12H2,1-2H3,(H,32,36)/t15-/m1/s1. The van der Waals surface area contributed by atoms with E-state index in [-0.39, 0.29) is 19.0 Å². The lowest BCUT2D eigenvalue weighted by Gasteiger charge is -2.12. The molecule has 0 radical (unpaired) electrons. The number of carbonyl (C=O) groups is 1. The van der Waals surface area contributed by atoms with Crippen LogP contribution in [0.3, 0.4) is 0 Å². The second-order valence-corrected chi connectivity index (χ2v) is 10.2. The van der Waals surface area contributed by atoms with Gasteiger partial charge in [-0.2, -0.15) is 0 Å². The number of hydrogen-bond acceptors (Lipinski definition) is 11. The third-order valence-electron chi connectivity index (χ3n) is 6.29. The average Bonchev–Trinajstić information content (AvgIpc) is 3.57. The second kappa shape index (κ2) is 10.6. The molecule has 6 rings (SSSR count). The zero-order chi connectivity index (χ0) is 27.8. The van der Waals surface area contributed by atoms with Crippen LogP contribution in [-0.4, -0.2) is 62.5 Å². The van der Waals surface area contributed by atoms with Gasteiger partial charge in [-0.05, 0) is 24.6 Å². The lowest BCUT2D eigenvalue weighted by molar-refractivity contribution is 0.100. The number of amides is 1. The fourth-order valence-electron chi connectivity index (χ4n) is 4.52. The van der Waals surface area contributed by atoms with Crippen LogP contribution in [0, 0.1) is 12.7 Å². The predicted octanol–water partition coefficient (Wildman–Crippen LogP) is 4.24. The number of rotatable bonds is 7. The Hall–Kier alpha value is -4.49. The molecule has 40 heavy (non-hydrogen) atoms. The molecule has 0 aliphatic carbocycles. The molecule has 13 heteroatoms. The Kier molecular flexibility index (Phi) is 6.82. The van der Waals surface area contributed by atoms with Gasteiger partial charge in [0.1, 0.15) is 23.5 Å². The first-order chi connectivity index (χ1) is 19.4. The Morgan fingerprint density at radius 2 is 2.00 bits per heavy atom. The van der Waals surface area contributed by atoms with Crippen LogP contribution in [-0.2, 0) is 17.6 Å². The molecule has 0 unspecified atom stereocenters. The number of aliphatic hydroxyl groups excluding tert-OH is 1. The number of carbonyl (C=O) groups excluding carboxylic acids is 1. The number of aromatic nitrogens is 5. The van der Waals surface area contributed by atoms with Crippen molar-refractivity contribution >= 4 is 44.4 Å². The number of nitrogens with zero attached hydrogens (tertiary/aromatic N) is 5. The van der Waals surface area contributed by atoms with E-state index in [9.17, 15) is 4.79 Å². The summed E-state index contributed by atoms with van der Waals surface area (Å²) in [5, 5.41) is 12.2. The van der Waals surface area contributed by atoms with Crippen LogP contribution in [0.5, 0.6) is 11.6 Å². The van der Waals surface area contributed by atoms with Crippen LogP contribution in [0.25, 0.3) is 31.8 Å². The average molecular weight is 563 g/mol. The van der Waals surface area contributed by atoms with Gasteiger partial charge in [0.15, 0.2) is 11.6 Å². The topological polar surface area (TPSA) is 141 Å². The van der Waals surface area contributed by atoms with Crippen molar-refractivity contribution in [3.05, 3.63) is 59.6 Å². The number of benzene rings is 2. The third kappa shape index (κ3) is 4.96. The van der Waals surface area contributed by atoms with Gasteiger partial charge in [-0.25, -0.2) is 34.1 Å². The summed E-state index contributed by atoms with van der Waals surface area (Å²) in [7, 11) is 1.54. The largest absolute Gasteiger partial charge is 0.483 e.